The molecule has 0 saturated carbocycles. The highest BCUT2D eigenvalue weighted by Gasteiger charge is 2.22. The maximum absolute atomic E-state index is 12.9. The molecule has 3 heterocycles. The molecule has 0 spiro atoms. The van der Waals surface area contributed by atoms with Gasteiger partial charge in [0, 0.05) is 25.6 Å². The summed E-state index contributed by atoms with van der Waals surface area (Å²) in [5.41, 5.74) is 4.23. The summed E-state index contributed by atoms with van der Waals surface area (Å²) in [6.45, 7) is 7.66. The standard InChI is InChI=1S/C22H28N4O2/c1-4-19-16(13-26-9-5-6-10-26)12-20(28-19)22(27)25(3)14-21-23-17-8-7-15(2)11-18(17)24-21/h7-8,11-12H,4-6,9-10,13-14H2,1-3H3,(H,23,24). The molecule has 0 unspecified atom stereocenters. The van der Waals surface area contributed by atoms with Crippen LogP contribution >= 0.6 is 0 Å². The molecule has 28 heavy (non-hydrogen) atoms. The molecular weight excluding hydrogens is 352 g/mol. The van der Waals surface area contributed by atoms with Crippen molar-refractivity contribution in [1.29, 1.82) is 0 Å². The van der Waals surface area contributed by atoms with Crippen LogP contribution in [0.15, 0.2) is 28.7 Å². The molecular formula is C22H28N4O2. The van der Waals surface area contributed by atoms with Crippen LogP contribution in [-0.2, 0) is 19.5 Å². The highest BCUT2D eigenvalue weighted by atomic mass is 16.4. The van der Waals surface area contributed by atoms with Crippen LogP contribution in [0.2, 0.25) is 0 Å². The fraction of sp³-hybridized carbons (Fsp3) is 0.455. The van der Waals surface area contributed by atoms with E-state index in [1.165, 1.54) is 18.4 Å². The molecule has 3 aromatic rings. The minimum absolute atomic E-state index is 0.112. The maximum Gasteiger partial charge on any atom is 0.289 e. The summed E-state index contributed by atoms with van der Waals surface area (Å²) in [5.74, 6) is 2.00. The number of aromatic amines is 1. The van der Waals surface area contributed by atoms with Gasteiger partial charge in [0.15, 0.2) is 5.76 Å². The zero-order valence-electron chi connectivity index (χ0n) is 16.9. The quantitative estimate of drug-likeness (QED) is 0.704. The highest BCUT2D eigenvalue weighted by molar-refractivity contribution is 5.91. The summed E-state index contributed by atoms with van der Waals surface area (Å²) < 4.78 is 5.92. The minimum atomic E-state index is -0.112. The van der Waals surface area contributed by atoms with Crippen LogP contribution in [0, 0.1) is 6.92 Å². The van der Waals surface area contributed by atoms with Crippen molar-refractivity contribution in [3.05, 3.63) is 52.7 Å². The van der Waals surface area contributed by atoms with Gasteiger partial charge in [-0.25, -0.2) is 4.98 Å². The lowest BCUT2D eigenvalue weighted by Gasteiger charge is -2.14. The zero-order chi connectivity index (χ0) is 19.7. The Bertz CT molecular complexity index is 982. The van der Waals surface area contributed by atoms with Gasteiger partial charge in [-0.2, -0.15) is 0 Å². The molecule has 1 N–H and O–H groups in total. The first kappa shape index (κ1) is 18.7. The predicted molar refractivity (Wildman–Crippen MR) is 109 cm³/mol. The van der Waals surface area contributed by atoms with E-state index in [1.54, 1.807) is 11.9 Å². The molecule has 6 nitrogen and oxygen atoms in total. The molecule has 1 saturated heterocycles. The highest BCUT2D eigenvalue weighted by Crippen LogP contribution is 2.22. The number of nitrogens with zero attached hydrogens (tertiary/aromatic N) is 3. The number of aryl methyl sites for hydroxylation is 2. The minimum Gasteiger partial charge on any atom is -0.456 e. The Hall–Kier alpha value is -2.60. The molecule has 0 aliphatic carbocycles. The summed E-state index contributed by atoms with van der Waals surface area (Å²) in [4.78, 5) is 24.9. The Morgan fingerprint density at radius 1 is 1.29 bits per heavy atom. The average molecular weight is 380 g/mol. The van der Waals surface area contributed by atoms with Crippen molar-refractivity contribution >= 4 is 16.9 Å². The first-order valence-corrected chi connectivity index (χ1v) is 10.1. The second-order valence-electron chi connectivity index (χ2n) is 7.76. The fourth-order valence-electron chi connectivity index (χ4n) is 3.92. The van der Waals surface area contributed by atoms with Crippen LogP contribution < -0.4 is 0 Å². The number of carbonyl (C=O) groups excluding carboxylic acids is 1. The number of carbonyl (C=O) groups is 1. The largest absolute Gasteiger partial charge is 0.456 e. The third kappa shape index (κ3) is 3.83. The van der Waals surface area contributed by atoms with Crippen LogP contribution in [0.5, 0.6) is 0 Å². The summed E-state index contributed by atoms with van der Waals surface area (Å²) in [7, 11) is 1.79. The van der Waals surface area contributed by atoms with Gasteiger partial charge < -0.3 is 14.3 Å². The van der Waals surface area contributed by atoms with Gasteiger partial charge in [0.25, 0.3) is 5.91 Å². The average Bonchev–Trinajstić information content (AvgIpc) is 3.40. The second-order valence-corrected chi connectivity index (χ2v) is 7.76. The van der Waals surface area contributed by atoms with Crippen LogP contribution in [0.1, 0.15) is 53.0 Å². The van der Waals surface area contributed by atoms with Gasteiger partial charge in [0.1, 0.15) is 11.6 Å². The predicted octanol–water partition coefficient (Wildman–Crippen LogP) is 3.89. The van der Waals surface area contributed by atoms with Crippen LogP contribution in [0.4, 0.5) is 0 Å². The zero-order valence-corrected chi connectivity index (χ0v) is 16.9. The number of fused-ring (bicyclic) bond motifs is 1. The van der Waals surface area contributed by atoms with E-state index in [9.17, 15) is 4.79 Å². The molecule has 4 rings (SSSR count). The first-order valence-electron chi connectivity index (χ1n) is 10.1. The van der Waals surface area contributed by atoms with Gasteiger partial charge in [-0.15, -0.1) is 0 Å². The Morgan fingerprint density at radius 3 is 2.82 bits per heavy atom. The van der Waals surface area contributed by atoms with E-state index in [4.69, 9.17) is 4.42 Å². The third-order valence-electron chi connectivity index (χ3n) is 5.44. The molecule has 1 amide bonds. The van der Waals surface area contributed by atoms with Crippen molar-refractivity contribution in [1.82, 2.24) is 19.8 Å². The summed E-state index contributed by atoms with van der Waals surface area (Å²) in [5, 5.41) is 0. The van der Waals surface area contributed by atoms with Crippen molar-refractivity contribution in [2.75, 3.05) is 20.1 Å². The third-order valence-corrected chi connectivity index (χ3v) is 5.44. The van der Waals surface area contributed by atoms with Gasteiger partial charge in [0.05, 0.1) is 17.6 Å². The Balaban J connectivity index is 1.48. The molecule has 0 radical (unpaired) electrons. The number of hydrogen-bond donors (Lipinski definition) is 1. The molecule has 6 heteroatoms. The van der Waals surface area contributed by atoms with Crippen molar-refractivity contribution in [2.45, 2.75) is 46.2 Å². The topological polar surface area (TPSA) is 65.4 Å². The number of nitrogens with one attached hydrogen (secondary N) is 1. The lowest BCUT2D eigenvalue weighted by Crippen LogP contribution is -2.26. The molecule has 0 bridgehead atoms. The van der Waals surface area contributed by atoms with E-state index in [1.807, 2.05) is 18.2 Å². The Labute approximate surface area is 165 Å². The Morgan fingerprint density at radius 2 is 2.07 bits per heavy atom. The number of H-pyrrole nitrogens is 1. The maximum atomic E-state index is 12.9. The molecule has 1 fully saturated rings. The molecule has 0 atom stereocenters. The summed E-state index contributed by atoms with van der Waals surface area (Å²) in [6, 6.07) is 8.03. The van der Waals surface area contributed by atoms with Crippen molar-refractivity contribution in [3.63, 3.8) is 0 Å². The van der Waals surface area contributed by atoms with E-state index >= 15 is 0 Å². The number of rotatable bonds is 6. The molecule has 148 valence electrons. The number of likely N-dealkylation sites (tertiary alicyclic amines) is 1. The van der Waals surface area contributed by atoms with Crippen molar-refractivity contribution in [2.24, 2.45) is 0 Å². The number of amides is 1. The second kappa shape index (κ2) is 7.80. The van der Waals surface area contributed by atoms with Gasteiger partial charge in [-0.1, -0.05) is 13.0 Å². The van der Waals surface area contributed by atoms with Gasteiger partial charge in [-0.05, 0) is 56.6 Å². The summed E-state index contributed by atoms with van der Waals surface area (Å²) >= 11 is 0. The van der Waals surface area contributed by atoms with Crippen molar-refractivity contribution < 1.29 is 9.21 Å². The van der Waals surface area contributed by atoms with E-state index in [0.29, 0.717) is 12.3 Å². The molecule has 1 aromatic carbocycles. The lowest BCUT2D eigenvalue weighted by atomic mass is 10.2. The summed E-state index contributed by atoms with van der Waals surface area (Å²) in [6.07, 6.45) is 3.30. The number of benzene rings is 1. The number of hydrogen-bond acceptors (Lipinski definition) is 4. The Kier molecular flexibility index (Phi) is 5.22. The van der Waals surface area contributed by atoms with E-state index < -0.39 is 0 Å². The fourth-order valence-corrected chi connectivity index (χ4v) is 3.92. The molecule has 1 aliphatic rings. The SMILES string of the molecule is CCc1oc(C(=O)N(C)Cc2nc3ccc(C)cc3[nH]2)cc1CN1CCCC1. The van der Waals surface area contributed by atoms with E-state index in [-0.39, 0.29) is 5.91 Å². The number of furan rings is 1. The normalized spacial score (nSPS) is 14.8. The van der Waals surface area contributed by atoms with Crippen LogP contribution in [0.25, 0.3) is 11.0 Å². The smallest absolute Gasteiger partial charge is 0.289 e. The van der Waals surface area contributed by atoms with Gasteiger partial charge in [-0.3, -0.25) is 9.69 Å². The van der Waals surface area contributed by atoms with Crippen LogP contribution in [0.3, 0.4) is 0 Å². The first-order chi connectivity index (χ1) is 13.5. The molecule has 1 aliphatic heterocycles. The number of imidazole rings is 1. The molecule has 2 aromatic heterocycles. The van der Waals surface area contributed by atoms with E-state index in [2.05, 4.69) is 34.8 Å². The monoisotopic (exact) mass is 380 g/mol. The van der Waals surface area contributed by atoms with Crippen molar-refractivity contribution in [3.8, 4) is 0 Å². The lowest BCUT2D eigenvalue weighted by molar-refractivity contribution is 0.0748. The van der Waals surface area contributed by atoms with E-state index in [0.717, 1.165) is 54.2 Å². The number of aromatic nitrogens is 2. The van der Waals surface area contributed by atoms with Gasteiger partial charge in [0.2, 0.25) is 0 Å². The van der Waals surface area contributed by atoms with Gasteiger partial charge >= 0.3 is 0 Å². The van der Waals surface area contributed by atoms with Crippen LogP contribution in [-0.4, -0.2) is 45.8 Å².